The summed E-state index contributed by atoms with van der Waals surface area (Å²) < 4.78 is 0.765. The third kappa shape index (κ3) is 4.53. The summed E-state index contributed by atoms with van der Waals surface area (Å²) in [5.74, 6) is 1.29. The van der Waals surface area contributed by atoms with Crippen molar-refractivity contribution >= 4 is 56.0 Å². The first-order valence-corrected chi connectivity index (χ1v) is 12.0. The van der Waals surface area contributed by atoms with E-state index in [0.29, 0.717) is 10.9 Å². The molecule has 6 heteroatoms. The van der Waals surface area contributed by atoms with Gasteiger partial charge in [-0.25, -0.2) is 0 Å². The Morgan fingerprint density at radius 3 is 2.50 bits per heavy atom. The zero-order chi connectivity index (χ0) is 11.3. The molecule has 2 atom stereocenters. The monoisotopic (exact) mass is 382 g/mol. The summed E-state index contributed by atoms with van der Waals surface area (Å²) in [4.78, 5) is 0. The van der Waals surface area contributed by atoms with E-state index in [-0.39, 0.29) is 25.5 Å². The Morgan fingerprint density at radius 1 is 1.38 bits per heavy atom. The van der Waals surface area contributed by atoms with Crippen molar-refractivity contribution in [2.24, 2.45) is 0 Å². The molecule has 0 saturated carbocycles. The van der Waals surface area contributed by atoms with Crippen LogP contribution in [0.1, 0.15) is 15.7 Å². The van der Waals surface area contributed by atoms with E-state index in [1.165, 1.54) is 5.75 Å². The van der Waals surface area contributed by atoms with Crippen molar-refractivity contribution in [1.29, 1.82) is 0 Å². The Kier molecular flexibility index (Phi) is 10.0. The van der Waals surface area contributed by atoms with Gasteiger partial charge in [0.15, 0.2) is 4.58 Å². The summed E-state index contributed by atoms with van der Waals surface area (Å²) in [5.41, 5.74) is 3.15. The maximum Gasteiger partial charge on any atom is -1.00 e. The summed E-state index contributed by atoms with van der Waals surface area (Å²) in [5, 5.41) is 0. The smallest absolute Gasteiger partial charge is 1.00 e. The molecule has 1 heterocycles. The van der Waals surface area contributed by atoms with Crippen molar-refractivity contribution in [1.82, 2.24) is 0 Å². The molecule has 0 amide bonds. The Morgan fingerprint density at radius 2 is 1.94 bits per heavy atom. The molecule has 0 radical (unpaired) electrons. The van der Waals surface area contributed by atoms with Gasteiger partial charge >= 0.3 is 33.3 Å². The predicted molar refractivity (Wildman–Crippen MR) is 77.2 cm³/mol. The van der Waals surface area contributed by atoms with Crippen LogP contribution < -0.4 is 12.4 Å². The molecule has 2 rings (SSSR count). The van der Waals surface area contributed by atoms with Crippen LogP contribution in [0, 0.1) is 0 Å². The molecule has 92 valence electrons. The summed E-state index contributed by atoms with van der Waals surface area (Å²) in [6.45, 7) is 0. The van der Waals surface area contributed by atoms with Crippen LogP contribution in [0.3, 0.4) is 0 Å². The van der Waals surface area contributed by atoms with Gasteiger partial charge < -0.3 is 12.4 Å². The molecule has 0 spiro atoms. The molecule has 0 saturated heterocycles. The molecule has 1 aromatic rings. The predicted octanol–water partition coefficient (Wildman–Crippen LogP) is 0.812. The fourth-order valence-corrected chi connectivity index (χ4v) is 5.29. The van der Waals surface area contributed by atoms with Crippen LogP contribution >= 0.6 is 32.0 Å². The van der Waals surface area contributed by atoms with E-state index < -0.39 is 0 Å². The standard InChI is InChI=1S/C10H13S2.Cl2Se.ClH/c1-11-10-9-6-4-3-5-8(9)7-12(10)2;1-3-2;/h3-6,10H,7H2,1-2H3;;1H/q+1;;/p-1/t10-,12?;;/m1../s1. The Bertz CT molecular complexity index is 312. The van der Waals surface area contributed by atoms with Crippen molar-refractivity contribution in [3.8, 4) is 0 Å². The van der Waals surface area contributed by atoms with Gasteiger partial charge in [0, 0.05) is 22.0 Å². The SMILES string of the molecule is CS[C@H]1c2ccccc2C[S+]1C.Cl[Se]Cl.[Cl-]. The van der Waals surface area contributed by atoms with Crippen LogP contribution in [0.2, 0.25) is 0 Å². The van der Waals surface area contributed by atoms with Gasteiger partial charge in [0.2, 0.25) is 0 Å². The average Bonchev–Trinajstić information content (AvgIpc) is 2.54. The van der Waals surface area contributed by atoms with E-state index >= 15 is 0 Å². The van der Waals surface area contributed by atoms with Crippen molar-refractivity contribution < 1.29 is 12.4 Å². The van der Waals surface area contributed by atoms with Gasteiger partial charge in [-0.15, -0.1) is 11.8 Å². The van der Waals surface area contributed by atoms with E-state index in [0.717, 1.165) is 4.58 Å². The van der Waals surface area contributed by atoms with Crippen molar-refractivity contribution in [3.63, 3.8) is 0 Å². The van der Waals surface area contributed by atoms with Crippen LogP contribution in [0.4, 0.5) is 0 Å². The maximum absolute atomic E-state index is 4.83. The summed E-state index contributed by atoms with van der Waals surface area (Å²) in [7, 11) is 10.2. The summed E-state index contributed by atoms with van der Waals surface area (Å²) >= 11 is 1.81. The number of fused-ring (bicyclic) bond motifs is 1. The third-order valence-electron chi connectivity index (χ3n) is 2.27. The number of hydrogen-bond acceptors (Lipinski definition) is 1. The van der Waals surface area contributed by atoms with Crippen LogP contribution in [0.25, 0.3) is 0 Å². The normalized spacial score (nSPS) is 21.5. The van der Waals surface area contributed by atoms with Crippen LogP contribution in [-0.2, 0) is 16.6 Å². The fourth-order valence-electron chi connectivity index (χ4n) is 1.72. The molecule has 16 heavy (non-hydrogen) atoms. The number of hydrogen-bond donors (Lipinski definition) is 0. The number of halogens is 3. The van der Waals surface area contributed by atoms with Gasteiger partial charge in [-0.05, 0) is 6.26 Å². The van der Waals surface area contributed by atoms with Gasteiger partial charge in [0.05, 0.1) is 6.26 Å². The zero-order valence-corrected chi connectivity index (χ0v) is 14.6. The first-order chi connectivity index (χ1) is 7.24. The quantitative estimate of drug-likeness (QED) is 0.512. The minimum Gasteiger partial charge on any atom is -1.00 e. The van der Waals surface area contributed by atoms with Crippen LogP contribution in [0.15, 0.2) is 24.3 Å². The molecule has 1 aromatic carbocycles. The van der Waals surface area contributed by atoms with E-state index in [9.17, 15) is 0 Å². The maximum atomic E-state index is 4.83. The Labute approximate surface area is 126 Å². The first-order valence-electron chi connectivity index (χ1n) is 4.35. The topological polar surface area (TPSA) is 0 Å². The van der Waals surface area contributed by atoms with Gasteiger partial charge in [0.1, 0.15) is 5.75 Å². The van der Waals surface area contributed by atoms with Crippen molar-refractivity contribution in [2.75, 3.05) is 12.5 Å². The summed E-state index contributed by atoms with van der Waals surface area (Å²) in [6, 6.07) is 8.87. The van der Waals surface area contributed by atoms with Gasteiger partial charge in [-0.2, -0.15) is 0 Å². The first kappa shape index (κ1) is 17.3. The zero-order valence-electron chi connectivity index (χ0n) is 8.95. The molecule has 0 aromatic heterocycles. The molecule has 0 N–H and O–H groups in total. The number of rotatable bonds is 1. The van der Waals surface area contributed by atoms with E-state index in [4.69, 9.17) is 20.2 Å². The minimum absolute atomic E-state index is 0. The molecule has 1 aliphatic rings. The van der Waals surface area contributed by atoms with Crippen LogP contribution in [0.5, 0.6) is 0 Å². The van der Waals surface area contributed by atoms with E-state index in [2.05, 4.69) is 36.8 Å². The second-order valence-electron chi connectivity index (χ2n) is 3.16. The molecular weight excluding hydrogens is 370 g/mol. The van der Waals surface area contributed by atoms with Gasteiger partial charge in [0.25, 0.3) is 0 Å². The second-order valence-corrected chi connectivity index (χ2v) is 9.21. The van der Waals surface area contributed by atoms with E-state index in [1.54, 1.807) is 11.1 Å². The van der Waals surface area contributed by atoms with E-state index in [1.807, 2.05) is 11.8 Å². The molecule has 1 unspecified atom stereocenters. The second kappa shape index (κ2) is 9.27. The molecule has 0 nitrogen and oxygen atoms in total. The summed E-state index contributed by atoms with van der Waals surface area (Å²) in [6.07, 6.45) is 4.59. The molecule has 0 fully saturated rings. The van der Waals surface area contributed by atoms with Gasteiger partial charge in [-0.1, -0.05) is 24.3 Å². The van der Waals surface area contributed by atoms with Crippen LogP contribution in [-0.4, -0.2) is 25.6 Å². The van der Waals surface area contributed by atoms with Crippen molar-refractivity contribution in [3.05, 3.63) is 35.4 Å². The Balaban J connectivity index is 0.000000511. The largest absolute Gasteiger partial charge is 1.00 e. The molecular formula is C10H13Cl3S2Se. The third-order valence-corrected chi connectivity index (χ3v) is 6.27. The average molecular weight is 383 g/mol. The fraction of sp³-hybridized carbons (Fsp3) is 0.400. The number of benzene rings is 1. The van der Waals surface area contributed by atoms with Gasteiger partial charge in [-0.3, -0.25) is 0 Å². The molecule has 0 bridgehead atoms. The molecule has 1 aliphatic heterocycles. The Hall–Kier alpha value is 1.31. The number of thioether (sulfide) groups is 1. The van der Waals surface area contributed by atoms with Crippen molar-refractivity contribution in [2.45, 2.75) is 10.3 Å². The minimum atomic E-state index is -0.181. The molecule has 0 aliphatic carbocycles.